The first-order valence-corrected chi connectivity index (χ1v) is 9.71. The van der Waals surface area contributed by atoms with Crippen LogP contribution in [0.4, 0.5) is 4.79 Å². The SMILES string of the molecule is COc1ccc(CCN2C(=O)NC(CCC(=O)N3CCOCC3)C2=O)cc1OC. The Kier molecular flexibility index (Phi) is 6.92. The number of carbonyl (C=O) groups is 3. The summed E-state index contributed by atoms with van der Waals surface area (Å²) in [5, 5.41) is 2.69. The average molecular weight is 405 g/mol. The van der Waals surface area contributed by atoms with Crippen molar-refractivity contribution in [1.29, 1.82) is 0 Å². The van der Waals surface area contributed by atoms with Crippen molar-refractivity contribution < 1.29 is 28.6 Å². The third-order valence-electron chi connectivity index (χ3n) is 5.19. The van der Waals surface area contributed by atoms with E-state index in [1.54, 1.807) is 25.2 Å². The minimum absolute atomic E-state index is 0.0147. The van der Waals surface area contributed by atoms with Gasteiger partial charge in [-0.2, -0.15) is 0 Å². The van der Waals surface area contributed by atoms with Gasteiger partial charge in [-0.15, -0.1) is 0 Å². The van der Waals surface area contributed by atoms with Crippen molar-refractivity contribution >= 4 is 17.8 Å². The second-order valence-corrected chi connectivity index (χ2v) is 6.96. The van der Waals surface area contributed by atoms with E-state index in [9.17, 15) is 14.4 Å². The Balaban J connectivity index is 1.51. The molecule has 1 unspecified atom stereocenters. The van der Waals surface area contributed by atoms with Crippen LogP contribution in [0.5, 0.6) is 11.5 Å². The zero-order chi connectivity index (χ0) is 20.8. The number of methoxy groups -OCH3 is 2. The predicted molar refractivity (Wildman–Crippen MR) is 104 cm³/mol. The molecule has 2 saturated heterocycles. The zero-order valence-electron chi connectivity index (χ0n) is 16.8. The fourth-order valence-corrected chi connectivity index (χ4v) is 3.50. The van der Waals surface area contributed by atoms with Crippen LogP contribution < -0.4 is 14.8 Å². The topological polar surface area (TPSA) is 97.4 Å². The van der Waals surface area contributed by atoms with Gasteiger partial charge in [-0.05, 0) is 30.5 Å². The molecule has 158 valence electrons. The Morgan fingerprint density at radius 2 is 1.90 bits per heavy atom. The van der Waals surface area contributed by atoms with Crippen LogP contribution in [0.1, 0.15) is 18.4 Å². The molecule has 1 aromatic carbocycles. The summed E-state index contributed by atoms with van der Waals surface area (Å²) in [5.41, 5.74) is 0.925. The highest BCUT2D eigenvalue weighted by Gasteiger charge is 2.37. The van der Waals surface area contributed by atoms with Gasteiger partial charge in [0, 0.05) is 26.1 Å². The molecular weight excluding hydrogens is 378 g/mol. The third kappa shape index (κ3) is 4.97. The van der Waals surface area contributed by atoms with Crippen LogP contribution in [0.2, 0.25) is 0 Å². The molecule has 4 amide bonds. The highest BCUT2D eigenvalue weighted by atomic mass is 16.5. The Morgan fingerprint density at radius 1 is 1.17 bits per heavy atom. The molecule has 0 aromatic heterocycles. The molecule has 9 nitrogen and oxygen atoms in total. The second-order valence-electron chi connectivity index (χ2n) is 6.96. The summed E-state index contributed by atoms with van der Waals surface area (Å²) in [7, 11) is 3.12. The summed E-state index contributed by atoms with van der Waals surface area (Å²) in [6.07, 6.45) is 1.02. The molecule has 0 radical (unpaired) electrons. The molecule has 2 aliphatic rings. The first-order valence-electron chi connectivity index (χ1n) is 9.71. The first kappa shape index (κ1) is 20.9. The Bertz CT molecular complexity index is 763. The van der Waals surface area contributed by atoms with Crippen molar-refractivity contribution in [3.8, 4) is 11.5 Å². The molecule has 0 spiro atoms. The quantitative estimate of drug-likeness (QED) is 0.643. The fourth-order valence-electron chi connectivity index (χ4n) is 3.50. The van der Waals surface area contributed by atoms with Crippen molar-refractivity contribution in [2.75, 3.05) is 47.1 Å². The van der Waals surface area contributed by atoms with E-state index >= 15 is 0 Å². The number of hydrogen-bond acceptors (Lipinski definition) is 6. The minimum Gasteiger partial charge on any atom is -0.493 e. The van der Waals surface area contributed by atoms with Crippen LogP contribution in [-0.2, 0) is 20.7 Å². The number of carbonyl (C=O) groups excluding carboxylic acids is 3. The molecule has 2 fully saturated rings. The average Bonchev–Trinajstić information content (AvgIpc) is 3.03. The van der Waals surface area contributed by atoms with Gasteiger partial charge in [0.1, 0.15) is 6.04 Å². The highest BCUT2D eigenvalue weighted by molar-refractivity contribution is 6.04. The Hall–Kier alpha value is -2.81. The van der Waals surface area contributed by atoms with Crippen molar-refractivity contribution in [2.45, 2.75) is 25.3 Å². The maximum atomic E-state index is 12.6. The van der Waals surface area contributed by atoms with E-state index in [1.165, 1.54) is 4.90 Å². The van der Waals surface area contributed by atoms with Crippen LogP contribution in [0.3, 0.4) is 0 Å². The summed E-state index contributed by atoms with van der Waals surface area (Å²) in [6.45, 7) is 2.47. The number of hydrogen-bond donors (Lipinski definition) is 1. The zero-order valence-corrected chi connectivity index (χ0v) is 16.8. The summed E-state index contributed by atoms with van der Waals surface area (Å²) in [5.74, 6) is 0.919. The Labute approximate surface area is 169 Å². The first-order chi connectivity index (χ1) is 14.0. The summed E-state index contributed by atoms with van der Waals surface area (Å²) >= 11 is 0. The van der Waals surface area contributed by atoms with E-state index in [0.717, 1.165) is 5.56 Å². The lowest BCUT2D eigenvalue weighted by Gasteiger charge is -2.27. The number of rotatable bonds is 8. The molecule has 0 bridgehead atoms. The number of amides is 4. The number of benzene rings is 1. The third-order valence-corrected chi connectivity index (χ3v) is 5.19. The lowest BCUT2D eigenvalue weighted by molar-refractivity contribution is -0.135. The van der Waals surface area contributed by atoms with Crippen molar-refractivity contribution in [3.63, 3.8) is 0 Å². The fraction of sp³-hybridized carbons (Fsp3) is 0.550. The van der Waals surface area contributed by atoms with Crippen LogP contribution in [0, 0.1) is 0 Å². The Morgan fingerprint density at radius 3 is 2.59 bits per heavy atom. The van der Waals surface area contributed by atoms with Crippen LogP contribution >= 0.6 is 0 Å². The van der Waals surface area contributed by atoms with Gasteiger partial charge in [-0.1, -0.05) is 6.07 Å². The van der Waals surface area contributed by atoms with Crippen molar-refractivity contribution in [1.82, 2.24) is 15.1 Å². The van der Waals surface area contributed by atoms with Gasteiger partial charge in [0.25, 0.3) is 5.91 Å². The number of ether oxygens (including phenoxy) is 3. The molecular formula is C20H27N3O6. The minimum atomic E-state index is -0.655. The van der Waals surface area contributed by atoms with Gasteiger partial charge in [0.15, 0.2) is 11.5 Å². The standard InChI is InChI=1S/C20H27N3O6/c1-27-16-5-3-14(13-17(16)28-2)7-8-23-19(25)15(21-20(23)26)4-6-18(24)22-9-11-29-12-10-22/h3,5,13,15H,4,6-12H2,1-2H3,(H,21,26). The van der Waals surface area contributed by atoms with Gasteiger partial charge in [0.05, 0.1) is 27.4 Å². The van der Waals surface area contributed by atoms with Gasteiger partial charge in [-0.3, -0.25) is 14.5 Å². The smallest absolute Gasteiger partial charge is 0.324 e. The monoisotopic (exact) mass is 405 g/mol. The lowest BCUT2D eigenvalue weighted by Crippen LogP contribution is -2.41. The number of nitrogens with one attached hydrogen (secondary N) is 1. The molecule has 1 N–H and O–H groups in total. The molecule has 0 saturated carbocycles. The maximum absolute atomic E-state index is 12.6. The summed E-state index contributed by atoms with van der Waals surface area (Å²) in [4.78, 5) is 40.0. The molecule has 2 aliphatic heterocycles. The van der Waals surface area contributed by atoms with Gasteiger partial charge in [0.2, 0.25) is 5.91 Å². The summed E-state index contributed by atoms with van der Waals surface area (Å²) < 4.78 is 15.7. The van der Waals surface area contributed by atoms with Crippen molar-refractivity contribution in [3.05, 3.63) is 23.8 Å². The van der Waals surface area contributed by atoms with Gasteiger partial charge in [-0.25, -0.2) is 4.79 Å². The normalized spacial score (nSPS) is 19.3. The van der Waals surface area contributed by atoms with Crippen LogP contribution in [0.25, 0.3) is 0 Å². The largest absolute Gasteiger partial charge is 0.493 e. The van der Waals surface area contributed by atoms with E-state index in [0.29, 0.717) is 50.6 Å². The second kappa shape index (κ2) is 9.60. The molecule has 1 atom stereocenters. The van der Waals surface area contributed by atoms with E-state index in [4.69, 9.17) is 14.2 Å². The molecule has 2 heterocycles. The number of urea groups is 1. The van der Waals surface area contributed by atoms with Crippen molar-refractivity contribution in [2.24, 2.45) is 0 Å². The van der Waals surface area contributed by atoms with E-state index in [-0.39, 0.29) is 24.8 Å². The molecule has 3 rings (SSSR count). The number of morpholine rings is 1. The van der Waals surface area contributed by atoms with Crippen LogP contribution in [0.15, 0.2) is 18.2 Å². The van der Waals surface area contributed by atoms with E-state index in [2.05, 4.69) is 5.32 Å². The van der Waals surface area contributed by atoms with Gasteiger partial charge < -0.3 is 24.4 Å². The summed E-state index contributed by atoms with van der Waals surface area (Å²) in [6, 6.07) is 4.42. The van der Waals surface area contributed by atoms with E-state index < -0.39 is 12.1 Å². The van der Waals surface area contributed by atoms with E-state index in [1.807, 2.05) is 12.1 Å². The molecule has 29 heavy (non-hydrogen) atoms. The highest BCUT2D eigenvalue weighted by Crippen LogP contribution is 2.28. The van der Waals surface area contributed by atoms with Crippen LogP contribution in [-0.4, -0.2) is 80.8 Å². The molecule has 9 heteroatoms. The molecule has 0 aliphatic carbocycles. The molecule has 1 aromatic rings. The lowest BCUT2D eigenvalue weighted by atomic mass is 10.1. The van der Waals surface area contributed by atoms with Gasteiger partial charge >= 0.3 is 6.03 Å². The number of nitrogens with zero attached hydrogens (tertiary/aromatic N) is 2. The maximum Gasteiger partial charge on any atom is 0.324 e. The number of imide groups is 1. The predicted octanol–water partition coefficient (Wildman–Crippen LogP) is 0.806.